The Morgan fingerprint density at radius 1 is 1.29 bits per heavy atom. The van der Waals surface area contributed by atoms with Gasteiger partial charge in [0.2, 0.25) is 11.4 Å². The van der Waals surface area contributed by atoms with Crippen molar-refractivity contribution in [2.45, 2.75) is 6.54 Å². The van der Waals surface area contributed by atoms with Crippen LogP contribution < -0.4 is 10.9 Å². The van der Waals surface area contributed by atoms with E-state index in [9.17, 15) is 9.59 Å². The van der Waals surface area contributed by atoms with Crippen LogP contribution in [0.15, 0.2) is 58.4 Å². The first-order chi connectivity index (χ1) is 13.7. The molecule has 0 spiro atoms. The van der Waals surface area contributed by atoms with Gasteiger partial charge in [-0.1, -0.05) is 10.4 Å². The minimum atomic E-state index is -0.297. The molecule has 2 N–H and O–H groups in total. The van der Waals surface area contributed by atoms with Gasteiger partial charge in [0, 0.05) is 36.8 Å². The number of aromatic nitrogens is 7. The molecule has 4 aromatic rings. The summed E-state index contributed by atoms with van der Waals surface area (Å²) in [6.45, 7) is 0.719. The molecular weight excluding hydrogens is 364 g/mol. The summed E-state index contributed by atoms with van der Waals surface area (Å²) in [5.74, 6) is 0.350. The van der Waals surface area contributed by atoms with E-state index >= 15 is 0 Å². The van der Waals surface area contributed by atoms with E-state index in [1.807, 2.05) is 6.07 Å². The first-order valence-electron chi connectivity index (χ1n) is 8.30. The Kier molecular flexibility index (Phi) is 4.70. The van der Waals surface area contributed by atoms with Crippen LogP contribution in [0.5, 0.6) is 0 Å². The Hall–Kier alpha value is -4.15. The molecule has 0 aromatic carbocycles. The van der Waals surface area contributed by atoms with E-state index in [4.69, 9.17) is 4.52 Å². The zero-order valence-electron chi connectivity index (χ0n) is 14.4. The first-order valence-corrected chi connectivity index (χ1v) is 8.30. The number of carbonyl (C=O) groups is 1. The lowest BCUT2D eigenvalue weighted by atomic mass is 10.3. The summed E-state index contributed by atoms with van der Waals surface area (Å²) >= 11 is 0. The van der Waals surface area contributed by atoms with E-state index in [-0.39, 0.29) is 17.4 Å². The van der Waals surface area contributed by atoms with E-state index in [1.54, 1.807) is 29.3 Å². The van der Waals surface area contributed by atoms with Crippen LogP contribution in [0.2, 0.25) is 0 Å². The van der Waals surface area contributed by atoms with E-state index in [1.165, 1.54) is 18.3 Å². The van der Waals surface area contributed by atoms with Crippen LogP contribution in [-0.2, 0) is 6.54 Å². The zero-order chi connectivity index (χ0) is 19.3. The van der Waals surface area contributed by atoms with Gasteiger partial charge in [0.25, 0.3) is 11.8 Å². The SMILES string of the molecule is O=C(NCCn1cc(-c2nc(-c3cccnc3)no2)nn1)c1ccc(=O)[nH]c1. The van der Waals surface area contributed by atoms with Crippen LogP contribution in [0, 0.1) is 0 Å². The Morgan fingerprint density at radius 2 is 2.21 bits per heavy atom. The third kappa shape index (κ3) is 3.82. The number of hydrogen-bond donors (Lipinski definition) is 2. The normalized spacial score (nSPS) is 10.7. The number of nitrogens with zero attached hydrogens (tertiary/aromatic N) is 6. The van der Waals surface area contributed by atoms with E-state index in [2.05, 4.69) is 35.7 Å². The molecule has 0 unspecified atom stereocenters. The zero-order valence-corrected chi connectivity index (χ0v) is 14.4. The van der Waals surface area contributed by atoms with E-state index in [0.717, 1.165) is 5.56 Å². The maximum absolute atomic E-state index is 12.0. The largest absolute Gasteiger partial charge is 0.350 e. The van der Waals surface area contributed by atoms with Gasteiger partial charge < -0.3 is 14.8 Å². The topological polar surface area (TPSA) is 144 Å². The molecule has 4 rings (SSSR count). The Balaban J connectivity index is 1.36. The van der Waals surface area contributed by atoms with Crippen molar-refractivity contribution >= 4 is 5.91 Å². The predicted octanol–water partition coefficient (Wildman–Crippen LogP) is 0.508. The number of nitrogens with one attached hydrogen (secondary N) is 2. The Bertz CT molecular complexity index is 1130. The highest BCUT2D eigenvalue weighted by atomic mass is 16.5. The molecule has 0 aliphatic carbocycles. The maximum atomic E-state index is 12.0. The van der Waals surface area contributed by atoms with Crippen LogP contribution in [0.1, 0.15) is 10.4 Å². The van der Waals surface area contributed by atoms with Gasteiger partial charge in [-0.2, -0.15) is 4.98 Å². The Morgan fingerprint density at radius 3 is 3.00 bits per heavy atom. The smallest absolute Gasteiger partial charge is 0.280 e. The molecule has 0 atom stereocenters. The van der Waals surface area contributed by atoms with Crippen molar-refractivity contribution in [2.75, 3.05) is 6.54 Å². The number of carbonyl (C=O) groups excluding carboxylic acids is 1. The van der Waals surface area contributed by atoms with E-state index in [0.29, 0.717) is 30.2 Å². The molecular formula is C17H14N8O3. The lowest BCUT2D eigenvalue weighted by Gasteiger charge is -2.04. The average Bonchev–Trinajstić information content (AvgIpc) is 3.39. The quantitative estimate of drug-likeness (QED) is 0.494. The van der Waals surface area contributed by atoms with Crippen molar-refractivity contribution in [3.8, 4) is 23.0 Å². The molecule has 0 bridgehead atoms. The van der Waals surface area contributed by atoms with Gasteiger partial charge in [0.05, 0.1) is 18.3 Å². The fraction of sp³-hybridized carbons (Fsp3) is 0.118. The van der Waals surface area contributed by atoms with Crippen molar-refractivity contribution in [3.05, 3.63) is 65.0 Å². The summed E-state index contributed by atoms with van der Waals surface area (Å²) < 4.78 is 6.78. The molecule has 0 saturated heterocycles. The summed E-state index contributed by atoms with van der Waals surface area (Å²) in [5.41, 5.74) is 1.26. The van der Waals surface area contributed by atoms with Crippen LogP contribution >= 0.6 is 0 Å². The molecule has 140 valence electrons. The predicted molar refractivity (Wildman–Crippen MR) is 95.9 cm³/mol. The van der Waals surface area contributed by atoms with E-state index < -0.39 is 0 Å². The average molecular weight is 378 g/mol. The molecule has 0 saturated carbocycles. The molecule has 0 fully saturated rings. The summed E-state index contributed by atoms with van der Waals surface area (Å²) in [7, 11) is 0. The third-order valence-electron chi connectivity index (χ3n) is 3.78. The molecule has 0 aliphatic rings. The fourth-order valence-corrected chi connectivity index (χ4v) is 2.38. The number of hydrogen-bond acceptors (Lipinski definition) is 8. The van der Waals surface area contributed by atoms with Gasteiger partial charge in [0.15, 0.2) is 5.69 Å². The number of rotatable bonds is 6. The summed E-state index contributed by atoms with van der Waals surface area (Å²) in [6, 6.07) is 6.35. The van der Waals surface area contributed by atoms with Crippen molar-refractivity contribution in [3.63, 3.8) is 0 Å². The van der Waals surface area contributed by atoms with Gasteiger partial charge >= 0.3 is 0 Å². The molecule has 0 radical (unpaired) electrons. The minimum Gasteiger partial charge on any atom is -0.350 e. The minimum absolute atomic E-state index is 0.238. The second-order valence-electron chi connectivity index (χ2n) is 5.73. The standard InChI is InChI=1S/C17H14N8O3/c26-14-4-3-12(9-20-14)16(27)19-6-7-25-10-13(22-24-25)17-21-15(23-28-17)11-2-1-5-18-8-11/h1-5,8-10H,6-7H2,(H,19,27)(H,20,26). The van der Waals surface area contributed by atoms with Crippen LogP contribution in [0.3, 0.4) is 0 Å². The van der Waals surface area contributed by atoms with Gasteiger partial charge in [0.1, 0.15) is 0 Å². The molecule has 28 heavy (non-hydrogen) atoms. The highest BCUT2D eigenvalue weighted by molar-refractivity contribution is 5.93. The summed E-state index contributed by atoms with van der Waals surface area (Å²) in [4.78, 5) is 33.8. The highest BCUT2D eigenvalue weighted by Crippen LogP contribution is 2.19. The van der Waals surface area contributed by atoms with Gasteiger partial charge in [-0.05, 0) is 18.2 Å². The molecule has 0 aliphatic heterocycles. The number of aromatic amines is 1. The summed E-state index contributed by atoms with van der Waals surface area (Å²) in [6.07, 6.45) is 6.30. The molecule has 1 amide bonds. The van der Waals surface area contributed by atoms with Crippen LogP contribution in [0.4, 0.5) is 0 Å². The fourth-order valence-electron chi connectivity index (χ4n) is 2.38. The number of amides is 1. The highest BCUT2D eigenvalue weighted by Gasteiger charge is 2.14. The lowest BCUT2D eigenvalue weighted by Crippen LogP contribution is -2.27. The van der Waals surface area contributed by atoms with Crippen LogP contribution in [-0.4, -0.2) is 47.6 Å². The van der Waals surface area contributed by atoms with Crippen molar-refractivity contribution < 1.29 is 9.32 Å². The van der Waals surface area contributed by atoms with Crippen molar-refractivity contribution in [1.82, 2.24) is 40.4 Å². The second-order valence-corrected chi connectivity index (χ2v) is 5.73. The summed E-state index contributed by atoms with van der Waals surface area (Å²) in [5, 5.41) is 14.6. The lowest BCUT2D eigenvalue weighted by molar-refractivity contribution is 0.0951. The van der Waals surface area contributed by atoms with Crippen molar-refractivity contribution in [1.29, 1.82) is 0 Å². The third-order valence-corrected chi connectivity index (χ3v) is 3.78. The second kappa shape index (κ2) is 7.61. The van der Waals surface area contributed by atoms with Crippen molar-refractivity contribution in [2.24, 2.45) is 0 Å². The molecule has 4 aromatic heterocycles. The molecule has 11 heteroatoms. The van der Waals surface area contributed by atoms with Gasteiger partial charge in [-0.25, -0.2) is 4.68 Å². The molecule has 4 heterocycles. The van der Waals surface area contributed by atoms with Crippen LogP contribution in [0.25, 0.3) is 23.0 Å². The number of pyridine rings is 2. The van der Waals surface area contributed by atoms with Gasteiger partial charge in [-0.15, -0.1) is 5.10 Å². The maximum Gasteiger partial charge on any atom is 0.280 e. The number of H-pyrrole nitrogens is 1. The first kappa shape index (κ1) is 17.3. The Labute approximate surface area is 157 Å². The molecule has 11 nitrogen and oxygen atoms in total. The van der Waals surface area contributed by atoms with Gasteiger partial charge in [-0.3, -0.25) is 14.6 Å². The monoisotopic (exact) mass is 378 g/mol.